The monoisotopic (exact) mass is 688 g/mol. The maximum atomic E-state index is 6.45. The zero-order valence-corrected chi connectivity index (χ0v) is 28.9. The minimum Gasteiger partial charge on any atom is -0.455 e. The van der Waals surface area contributed by atoms with Gasteiger partial charge in [-0.05, 0) is 68.7 Å². The second kappa shape index (κ2) is 11.1. The highest BCUT2D eigenvalue weighted by Crippen LogP contribution is 2.45. The van der Waals surface area contributed by atoms with Crippen molar-refractivity contribution in [2.75, 3.05) is 0 Å². The van der Waals surface area contributed by atoms with Gasteiger partial charge in [-0.1, -0.05) is 133 Å². The molecule has 250 valence electrons. The molecule has 5 nitrogen and oxygen atoms in total. The van der Waals surface area contributed by atoms with E-state index in [4.69, 9.17) is 19.4 Å². The first-order valence-corrected chi connectivity index (χ1v) is 18.2. The molecule has 0 bridgehead atoms. The molecule has 0 spiro atoms. The highest BCUT2D eigenvalue weighted by Gasteiger charge is 2.22. The van der Waals surface area contributed by atoms with Crippen molar-refractivity contribution in [2.45, 2.75) is 0 Å². The van der Waals surface area contributed by atoms with Crippen LogP contribution in [0.3, 0.4) is 0 Å². The molecule has 9 aromatic carbocycles. The molecule has 12 rings (SSSR count). The number of para-hydroxylation sites is 2. The normalized spacial score (nSPS) is 12.1. The largest absolute Gasteiger partial charge is 0.455 e. The van der Waals surface area contributed by atoms with Gasteiger partial charge in [0.1, 0.15) is 11.2 Å². The number of aromatic nitrogens is 4. The minimum atomic E-state index is 0.566. The highest BCUT2D eigenvalue weighted by atomic mass is 16.3. The van der Waals surface area contributed by atoms with Crippen LogP contribution in [0.2, 0.25) is 0 Å². The van der Waals surface area contributed by atoms with Crippen LogP contribution in [0, 0.1) is 0 Å². The number of nitrogens with zero attached hydrogens (tertiary/aromatic N) is 4. The quantitative estimate of drug-likeness (QED) is 0.173. The Hall–Kier alpha value is -7.37. The maximum absolute atomic E-state index is 6.45. The Morgan fingerprint density at radius 1 is 0.389 bits per heavy atom. The summed E-state index contributed by atoms with van der Waals surface area (Å²) in [5.74, 6) is 1.77. The summed E-state index contributed by atoms with van der Waals surface area (Å²) in [5.41, 5.74) is 7.63. The fraction of sp³-hybridized carbons (Fsp3) is 0. The number of fused-ring (bicyclic) bond motifs is 8. The SMILES string of the molecule is c1ccc(-c2nc(-c3cccc(-n4c5cccc6c7ccc8ccccc8c7c7cccc4c7c65)c3)nc(-c3cccc4c3oc3ccccc34)n2)cc1. The van der Waals surface area contributed by atoms with E-state index in [1.54, 1.807) is 0 Å². The lowest BCUT2D eigenvalue weighted by Gasteiger charge is -2.11. The van der Waals surface area contributed by atoms with Gasteiger partial charge in [0, 0.05) is 38.4 Å². The number of rotatable bonds is 4. The lowest BCUT2D eigenvalue weighted by molar-refractivity contribution is 0.669. The summed E-state index contributed by atoms with van der Waals surface area (Å²) in [5, 5.41) is 12.3. The van der Waals surface area contributed by atoms with Crippen LogP contribution in [0.1, 0.15) is 0 Å². The molecule has 0 aliphatic carbocycles. The van der Waals surface area contributed by atoms with E-state index >= 15 is 0 Å². The zero-order chi connectivity index (χ0) is 35.3. The molecule has 0 radical (unpaired) electrons. The zero-order valence-electron chi connectivity index (χ0n) is 28.9. The van der Waals surface area contributed by atoms with Crippen LogP contribution in [0.25, 0.3) is 116 Å². The third-order valence-corrected chi connectivity index (χ3v) is 11.0. The standard InChI is InChI=1S/C49H28N4O/c1-2-13-30(14-3-1)47-50-48(52-49(51-47)39-22-9-20-37-34-18-6-7-25-42(34)54-46(37)39)31-15-8-16-32(28-31)53-40-23-10-19-35-36-27-26-29-12-4-5-17-33(29)43(36)38-21-11-24-41(53)45(38)44(35)40/h1-28H. The Kier molecular flexibility index (Phi) is 5.99. The fourth-order valence-corrected chi connectivity index (χ4v) is 8.65. The van der Waals surface area contributed by atoms with Crippen molar-refractivity contribution in [3.05, 3.63) is 170 Å². The molecule has 5 heteroatoms. The predicted octanol–water partition coefficient (Wildman–Crippen LogP) is 12.8. The van der Waals surface area contributed by atoms with Crippen LogP contribution in [-0.2, 0) is 0 Å². The van der Waals surface area contributed by atoms with E-state index < -0.39 is 0 Å². The molecule has 3 heterocycles. The van der Waals surface area contributed by atoms with E-state index in [1.807, 2.05) is 60.7 Å². The van der Waals surface area contributed by atoms with Gasteiger partial charge in [0.15, 0.2) is 17.5 Å². The average Bonchev–Trinajstić information content (AvgIpc) is 3.80. The van der Waals surface area contributed by atoms with Gasteiger partial charge >= 0.3 is 0 Å². The van der Waals surface area contributed by atoms with E-state index in [1.165, 1.54) is 54.1 Å². The Balaban J connectivity index is 1.10. The Labute approximate surface area is 308 Å². The molecule has 0 saturated carbocycles. The summed E-state index contributed by atoms with van der Waals surface area (Å²) >= 11 is 0. The molecule has 0 saturated heterocycles. The molecule has 0 unspecified atom stereocenters. The fourth-order valence-electron chi connectivity index (χ4n) is 8.65. The Morgan fingerprint density at radius 2 is 1.00 bits per heavy atom. The summed E-state index contributed by atoms with van der Waals surface area (Å²) in [6.45, 7) is 0. The number of benzene rings is 9. The van der Waals surface area contributed by atoms with Gasteiger partial charge in [-0.3, -0.25) is 0 Å². The molecule has 12 aromatic rings. The summed E-state index contributed by atoms with van der Waals surface area (Å²) < 4.78 is 8.84. The minimum absolute atomic E-state index is 0.566. The van der Waals surface area contributed by atoms with E-state index in [0.717, 1.165) is 44.3 Å². The predicted molar refractivity (Wildman–Crippen MR) is 221 cm³/mol. The van der Waals surface area contributed by atoms with Gasteiger partial charge in [0.25, 0.3) is 0 Å². The first-order valence-electron chi connectivity index (χ1n) is 18.2. The van der Waals surface area contributed by atoms with Crippen molar-refractivity contribution < 1.29 is 4.42 Å². The lowest BCUT2D eigenvalue weighted by atomic mass is 9.91. The van der Waals surface area contributed by atoms with Crippen LogP contribution in [0.15, 0.2) is 174 Å². The van der Waals surface area contributed by atoms with Crippen LogP contribution < -0.4 is 0 Å². The summed E-state index contributed by atoms with van der Waals surface area (Å²) in [6.07, 6.45) is 0. The highest BCUT2D eigenvalue weighted by molar-refractivity contribution is 6.38. The average molecular weight is 689 g/mol. The van der Waals surface area contributed by atoms with Gasteiger partial charge < -0.3 is 8.98 Å². The summed E-state index contributed by atoms with van der Waals surface area (Å²) in [4.78, 5) is 15.3. The van der Waals surface area contributed by atoms with Crippen molar-refractivity contribution in [2.24, 2.45) is 0 Å². The number of hydrogen-bond donors (Lipinski definition) is 0. The molecule has 0 aliphatic rings. The molecule has 0 aliphatic heterocycles. The molecule has 54 heavy (non-hydrogen) atoms. The first kappa shape index (κ1) is 29.2. The van der Waals surface area contributed by atoms with Crippen LogP contribution >= 0.6 is 0 Å². The van der Waals surface area contributed by atoms with Gasteiger partial charge in [0.2, 0.25) is 0 Å². The van der Waals surface area contributed by atoms with Gasteiger partial charge in [-0.15, -0.1) is 0 Å². The summed E-state index contributed by atoms with van der Waals surface area (Å²) in [7, 11) is 0. The first-order chi connectivity index (χ1) is 26.8. The molecule has 0 amide bonds. The van der Waals surface area contributed by atoms with Crippen molar-refractivity contribution in [1.82, 2.24) is 19.5 Å². The van der Waals surface area contributed by atoms with Crippen molar-refractivity contribution in [3.8, 4) is 39.9 Å². The molecule has 0 atom stereocenters. The lowest BCUT2D eigenvalue weighted by Crippen LogP contribution is -2.01. The van der Waals surface area contributed by atoms with Crippen molar-refractivity contribution in [1.29, 1.82) is 0 Å². The molecule has 3 aromatic heterocycles. The number of furan rings is 1. The Morgan fingerprint density at radius 3 is 1.87 bits per heavy atom. The topological polar surface area (TPSA) is 56.7 Å². The molecule has 0 fully saturated rings. The van der Waals surface area contributed by atoms with E-state index in [-0.39, 0.29) is 0 Å². The van der Waals surface area contributed by atoms with E-state index in [9.17, 15) is 0 Å². The van der Waals surface area contributed by atoms with Crippen molar-refractivity contribution in [3.63, 3.8) is 0 Å². The smallest absolute Gasteiger partial charge is 0.167 e. The van der Waals surface area contributed by atoms with Gasteiger partial charge in [0.05, 0.1) is 16.6 Å². The summed E-state index contributed by atoms with van der Waals surface area (Å²) in [6, 6.07) is 59.6. The second-order valence-electron chi connectivity index (χ2n) is 13.9. The van der Waals surface area contributed by atoms with E-state index in [2.05, 4.69) is 114 Å². The molecular formula is C49H28N4O. The third kappa shape index (κ3) is 4.12. The molecule has 0 N–H and O–H groups in total. The Bertz CT molecular complexity index is 3450. The van der Waals surface area contributed by atoms with Gasteiger partial charge in [-0.2, -0.15) is 0 Å². The third-order valence-electron chi connectivity index (χ3n) is 11.0. The van der Waals surface area contributed by atoms with Crippen LogP contribution in [-0.4, -0.2) is 19.5 Å². The number of hydrogen-bond acceptors (Lipinski definition) is 4. The maximum Gasteiger partial charge on any atom is 0.167 e. The van der Waals surface area contributed by atoms with Crippen LogP contribution in [0.5, 0.6) is 0 Å². The second-order valence-corrected chi connectivity index (χ2v) is 13.9. The van der Waals surface area contributed by atoms with Crippen molar-refractivity contribution >= 4 is 76.1 Å². The molecular weight excluding hydrogens is 661 g/mol. The van der Waals surface area contributed by atoms with Gasteiger partial charge in [-0.25, -0.2) is 15.0 Å². The van der Waals surface area contributed by atoms with E-state index in [0.29, 0.717) is 17.5 Å². The van der Waals surface area contributed by atoms with Crippen LogP contribution in [0.4, 0.5) is 0 Å².